The number of rotatable bonds is 4. The summed E-state index contributed by atoms with van der Waals surface area (Å²) in [6, 6.07) is 5.59. The molecule has 3 rings (SSSR count). The quantitative estimate of drug-likeness (QED) is 0.875. The zero-order valence-electron chi connectivity index (χ0n) is 11.8. The minimum Gasteiger partial charge on any atom is -0.382 e. The highest BCUT2D eigenvalue weighted by Crippen LogP contribution is 2.16. The number of benzene rings is 1. The number of nitrogens with one attached hydrogen (secondary N) is 1. The van der Waals surface area contributed by atoms with Crippen LogP contribution in [0.25, 0.3) is 5.69 Å². The molecule has 1 amide bonds. The van der Waals surface area contributed by atoms with E-state index in [2.05, 4.69) is 15.6 Å². The van der Waals surface area contributed by atoms with Crippen molar-refractivity contribution in [2.24, 2.45) is 0 Å². The van der Waals surface area contributed by atoms with E-state index in [-0.39, 0.29) is 23.4 Å². The summed E-state index contributed by atoms with van der Waals surface area (Å²) < 4.78 is 19.7. The molecule has 1 fully saturated rings. The van der Waals surface area contributed by atoms with Crippen LogP contribution in [0.15, 0.2) is 24.3 Å². The molecule has 116 valence electrons. The molecule has 1 atom stereocenters. The Bertz CT molecular complexity index is 664. The van der Waals surface area contributed by atoms with Crippen molar-refractivity contribution < 1.29 is 13.9 Å². The van der Waals surface area contributed by atoms with E-state index in [1.807, 2.05) is 0 Å². The van der Waals surface area contributed by atoms with Gasteiger partial charge in [0.25, 0.3) is 5.91 Å². The van der Waals surface area contributed by atoms with Crippen LogP contribution >= 0.6 is 0 Å². The van der Waals surface area contributed by atoms with Crippen LogP contribution in [-0.2, 0) is 4.74 Å². The number of amides is 1. The number of nitrogen functional groups attached to an aromatic ring is 1. The molecule has 1 aromatic heterocycles. The van der Waals surface area contributed by atoms with Crippen molar-refractivity contribution in [2.75, 3.05) is 18.9 Å². The normalized spacial score (nSPS) is 17.6. The number of halogens is 1. The van der Waals surface area contributed by atoms with E-state index in [1.54, 1.807) is 0 Å². The maximum Gasteiger partial charge on any atom is 0.275 e. The van der Waals surface area contributed by atoms with Gasteiger partial charge in [-0.2, -0.15) is 4.68 Å². The highest BCUT2D eigenvalue weighted by molar-refractivity contribution is 5.96. The predicted octanol–water partition coefficient (Wildman–Crippen LogP) is 0.897. The molecular formula is C14H16FN5O2. The minimum atomic E-state index is -0.402. The summed E-state index contributed by atoms with van der Waals surface area (Å²) in [5, 5.41) is 10.4. The van der Waals surface area contributed by atoms with Gasteiger partial charge < -0.3 is 15.8 Å². The summed E-state index contributed by atoms with van der Waals surface area (Å²) >= 11 is 0. The number of ether oxygens (including phenoxy) is 1. The van der Waals surface area contributed by atoms with Crippen LogP contribution < -0.4 is 11.1 Å². The molecule has 1 aromatic carbocycles. The molecule has 8 heteroatoms. The van der Waals surface area contributed by atoms with Gasteiger partial charge in [0.1, 0.15) is 5.82 Å². The Hall–Kier alpha value is -2.48. The summed E-state index contributed by atoms with van der Waals surface area (Å²) in [5.74, 6) is -0.658. The van der Waals surface area contributed by atoms with Crippen LogP contribution in [0, 0.1) is 5.82 Å². The zero-order valence-corrected chi connectivity index (χ0v) is 11.8. The molecular weight excluding hydrogens is 289 g/mol. The lowest BCUT2D eigenvalue weighted by molar-refractivity contribution is 0.0854. The number of carbonyl (C=O) groups is 1. The van der Waals surface area contributed by atoms with Crippen LogP contribution in [-0.4, -0.2) is 40.2 Å². The minimum absolute atomic E-state index is 0.0392. The third-order valence-electron chi connectivity index (χ3n) is 3.51. The summed E-state index contributed by atoms with van der Waals surface area (Å²) in [6.07, 6.45) is 1.97. The first-order chi connectivity index (χ1) is 10.6. The maximum atomic E-state index is 12.9. The first kappa shape index (κ1) is 14.5. The van der Waals surface area contributed by atoms with E-state index in [0.717, 1.165) is 19.4 Å². The van der Waals surface area contributed by atoms with E-state index in [9.17, 15) is 9.18 Å². The number of aromatic nitrogens is 3. The lowest BCUT2D eigenvalue weighted by Gasteiger charge is -2.09. The first-order valence-electron chi connectivity index (χ1n) is 7.02. The van der Waals surface area contributed by atoms with E-state index in [4.69, 9.17) is 10.5 Å². The molecule has 22 heavy (non-hydrogen) atoms. The smallest absolute Gasteiger partial charge is 0.275 e. The van der Waals surface area contributed by atoms with Gasteiger partial charge in [0.2, 0.25) is 0 Å². The van der Waals surface area contributed by atoms with E-state index >= 15 is 0 Å². The van der Waals surface area contributed by atoms with Crippen LogP contribution in [0.1, 0.15) is 23.3 Å². The van der Waals surface area contributed by atoms with Crippen molar-refractivity contribution in [1.82, 2.24) is 20.3 Å². The lowest BCUT2D eigenvalue weighted by atomic mass is 10.2. The van der Waals surface area contributed by atoms with Crippen molar-refractivity contribution in [3.05, 3.63) is 35.8 Å². The number of nitrogens with zero attached hydrogens (tertiary/aromatic N) is 3. The maximum absolute atomic E-state index is 12.9. The fraction of sp³-hybridized carbons (Fsp3) is 0.357. The summed E-state index contributed by atoms with van der Waals surface area (Å²) in [6.45, 7) is 1.14. The molecule has 0 bridgehead atoms. The SMILES string of the molecule is Nc1c(C(=O)NCC2CCCO2)nnn1-c1ccc(F)cc1. The average molecular weight is 305 g/mol. The van der Waals surface area contributed by atoms with Gasteiger partial charge in [-0.25, -0.2) is 4.39 Å². The Labute approximate surface area is 126 Å². The highest BCUT2D eigenvalue weighted by Gasteiger charge is 2.21. The second-order valence-corrected chi connectivity index (χ2v) is 5.06. The third-order valence-corrected chi connectivity index (χ3v) is 3.51. The van der Waals surface area contributed by atoms with Gasteiger partial charge >= 0.3 is 0 Å². The molecule has 1 aliphatic rings. The standard InChI is InChI=1S/C14H16FN5O2/c15-9-3-5-10(6-4-9)20-13(16)12(18-19-20)14(21)17-8-11-2-1-7-22-11/h3-6,11H,1-2,7-8,16H2,(H,17,21). The van der Waals surface area contributed by atoms with Crippen molar-refractivity contribution in [3.8, 4) is 5.69 Å². The van der Waals surface area contributed by atoms with E-state index in [1.165, 1.54) is 28.9 Å². The molecule has 2 heterocycles. The van der Waals surface area contributed by atoms with Crippen LogP contribution in [0.3, 0.4) is 0 Å². The van der Waals surface area contributed by atoms with Gasteiger partial charge in [0, 0.05) is 13.2 Å². The van der Waals surface area contributed by atoms with E-state index in [0.29, 0.717) is 12.2 Å². The first-order valence-corrected chi connectivity index (χ1v) is 7.02. The third kappa shape index (κ3) is 2.91. The van der Waals surface area contributed by atoms with Gasteiger partial charge in [-0.1, -0.05) is 5.21 Å². The number of hydrogen-bond donors (Lipinski definition) is 2. The van der Waals surface area contributed by atoms with Crippen LogP contribution in [0.5, 0.6) is 0 Å². The molecule has 3 N–H and O–H groups in total. The highest BCUT2D eigenvalue weighted by atomic mass is 19.1. The van der Waals surface area contributed by atoms with Crippen LogP contribution in [0.4, 0.5) is 10.2 Å². The van der Waals surface area contributed by atoms with Crippen molar-refractivity contribution >= 4 is 11.7 Å². The number of anilines is 1. The molecule has 0 radical (unpaired) electrons. The number of nitrogens with two attached hydrogens (primary N) is 1. The lowest BCUT2D eigenvalue weighted by Crippen LogP contribution is -2.32. The van der Waals surface area contributed by atoms with E-state index < -0.39 is 5.91 Å². The van der Waals surface area contributed by atoms with Gasteiger partial charge in [-0.3, -0.25) is 4.79 Å². The second kappa shape index (κ2) is 6.10. The van der Waals surface area contributed by atoms with Gasteiger partial charge in [0.05, 0.1) is 11.8 Å². The number of carbonyl (C=O) groups excluding carboxylic acids is 1. The predicted molar refractivity (Wildman–Crippen MR) is 77.0 cm³/mol. The molecule has 0 aliphatic carbocycles. The summed E-state index contributed by atoms with van der Waals surface area (Å²) in [7, 11) is 0. The summed E-state index contributed by atoms with van der Waals surface area (Å²) in [4.78, 5) is 12.1. The average Bonchev–Trinajstić information content (AvgIpc) is 3.15. The molecule has 1 saturated heterocycles. The molecule has 2 aromatic rings. The largest absolute Gasteiger partial charge is 0.382 e. The van der Waals surface area contributed by atoms with Gasteiger partial charge in [-0.15, -0.1) is 5.10 Å². The topological polar surface area (TPSA) is 95.1 Å². The Morgan fingerprint density at radius 2 is 2.23 bits per heavy atom. The fourth-order valence-corrected chi connectivity index (χ4v) is 2.32. The zero-order chi connectivity index (χ0) is 15.5. The molecule has 1 aliphatic heterocycles. The molecule has 0 spiro atoms. The second-order valence-electron chi connectivity index (χ2n) is 5.06. The molecule has 1 unspecified atom stereocenters. The molecule has 7 nitrogen and oxygen atoms in total. The van der Waals surface area contributed by atoms with Crippen molar-refractivity contribution in [3.63, 3.8) is 0 Å². The van der Waals surface area contributed by atoms with Crippen molar-refractivity contribution in [2.45, 2.75) is 18.9 Å². The van der Waals surface area contributed by atoms with Crippen molar-refractivity contribution in [1.29, 1.82) is 0 Å². The van der Waals surface area contributed by atoms with Crippen LogP contribution in [0.2, 0.25) is 0 Å². The monoisotopic (exact) mass is 305 g/mol. The Balaban J connectivity index is 1.72. The van der Waals surface area contributed by atoms with Gasteiger partial charge in [-0.05, 0) is 37.1 Å². The Morgan fingerprint density at radius 1 is 1.45 bits per heavy atom. The fourth-order valence-electron chi connectivity index (χ4n) is 2.32. The van der Waals surface area contributed by atoms with Gasteiger partial charge in [0.15, 0.2) is 11.5 Å². The Kier molecular flexibility index (Phi) is 4.01. The summed E-state index contributed by atoms with van der Waals surface area (Å²) in [5.41, 5.74) is 6.49. The molecule has 0 saturated carbocycles. The Morgan fingerprint density at radius 3 is 2.91 bits per heavy atom. The number of hydrogen-bond acceptors (Lipinski definition) is 5.